The number of hydrogen-bond donors (Lipinski definition) is 1. The van der Waals surface area contributed by atoms with Crippen LogP contribution < -0.4 is 10.2 Å². The number of anilines is 2. The summed E-state index contributed by atoms with van der Waals surface area (Å²) >= 11 is 0. The van der Waals surface area contributed by atoms with Gasteiger partial charge in [-0.2, -0.15) is 5.26 Å². The zero-order chi connectivity index (χ0) is 13.8. The van der Waals surface area contributed by atoms with Crippen LogP contribution in [0.4, 0.5) is 11.6 Å². The highest BCUT2D eigenvalue weighted by Crippen LogP contribution is 2.39. The topological polar surface area (TPSA) is 64.8 Å². The molecule has 102 valence electrons. The first-order valence-corrected chi connectivity index (χ1v) is 6.89. The summed E-state index contributed by atoms with van der Waals surface area (Å²) in [6.45, 7) is 5.57. The van der Waals surface area contributed by atoms with E-state index in [0.717, 1.165) is 24.0 Å². The normalized spacial score (nSPS) is 15.7. The van der Waals surface area contributed by atoms with Crippen molar-refractivity contribution in [2.45, 2.75) is 32.6 Å². The summed E-state index contributed by atoms with van der Waals surface area (Å²) < 4.78 is 0. The molecule has 19 heavy (non-hydrogen) atoms. The lowest BCUT2D eigenvalue weighted by Crippen LogP contribution is -2.29. The van der Waals surface area contributed by atoms with Crippen molar-refractivity contribution in [3.8, 4) is 6.07 Å². The van der Waals surface area contributed by atoms with Gasteiger partial charge in [0.05, 0.1) is 12.0 Å². The van der Waals surface area contributed by atoms with Crippen LogP contribution in [-0.2, 0) is 0 Å². The summed E-state index contributed by atoms with van der Waals surface area (Å²) in [7, 11) is 1.87. The minimum absolute atomic E-state index is 0.00248. The predicted molar refractivity (Wildman–Crippen MR) is 76.2 cm³/mol. The second-order valence-electron chi connectivity index (χ2n) is 5.06. The van der Waals surface area contributed by atoms with Gasteiger partial charge in [-0.05, 0) is 26.7 Å². The minimum Gasteiger partial charge on any atom is -0.373 e. The average Bonchev–Trinajstić information content (AvgIpc) is 3.28. The van der Waals surface area contributed by atoms with Crippen molar-refractivity contribution in [2.75, 3.05) is 30.4 Å². The molecule has 1 N–H and O–H groups in total. The summed E-state index contributed by atoms with van der Waals surface area (Å²) in [6, 6.07) is 4.23. The van der Waals surface area contributed by atoms with Crippen molar-refractivity contribution < 1.29 is 0 Å². The number of nitriles is 1. The summed E-state index contributed by atoms with van der Waals surface area (Å²) in [5.74, 6) is 3.24. The van der Waals surface area contributed by atoms with Crippen LogP contribution in [-0.4, -0.2) is 30.1 Å². The van der Waals surface area contributed by atoms with Crippen molar-refractivity contribution in [1.82, 2.24) is 9.97 Å². The SMILES string of the molecule is CCN(CC(C)C#N)c1cc(NC)nc(C2CC2)n1. The van der Waals surface area contributed by atoms with E-state index in [-0.39, 0.29) is 5.92 Å². The molecule has 0 amide bonds. The molecule has 0 bridgehead atoms. The van der Waals surface area contributed by atoms with Crippen LogP contribution >= 0.6 is 0 Å². The lowest BCUT2D eigenvalue weighted by Gasteiger charge is -2.23. The van der Waals surface area contributed by atoms with E-state index >= 15 is 0 Å². The Hall–Kier alpha value is -1.83. The number of hydrogen-bond acceptors (Lipinski definition) is 5. The fourth-order valence-electron chi connectivity index (χ4n) is 2.02. The smallest absolute Gasteiger partial charge is 0.136 e. The molecule has 1 atom stereocenters. The van der Waals surface area contributed by atoms with E-state index in [9.17, 15) is 0 Å². The van der Waals surface area contributed by atoms with Crippen molar-refractivity contribution in [2.24, 2.45) is 5.92 Å². The summed E-state index contributed by atoms with van der Waals surface area (Å²) in [5.41, 5.74) is 0. The van der Waals surface area contributed by atoms with Crippen LogP contribution in [0, 0.1) is 17.2 Å². The van der Waals surface area contributed by atoms with Gasteiger partial charge in [0, 0.05) is 32.1 Å². The van der Waals surface area contributed by atoms with Crippen LogP contribution in [0.3, 0.4) is 0 Å². The molecule has 0 aliphatic heterocycles. The molecular weight excluding hydrogens is 238 g/mol. The molecule has 1 aliphatic carbocycles. The molecule has 0 radical (unpaired) electrons. The Bertz CT molecular complexity index is 475. The molecule has 1 aromatic rings. The van der Waals surface area contributed by atoms with Gasteiger partial charge in [-0.1, -0.05) is 0 Å². The molecule has 0 aromatic carbocycles. The highest BCUT2D eigenvalue weighted by molar-refractivity contribution is 5.49. The third-order valence-electron chi connectivity index (χ3n) is 3.35. The van der Waals surface area contributed by atoms with Crippen LogP contribution in [0.5, 0.6) is 0 Å². The maximum absolute atomic E-state index is 8.96. The first-order chi connectivity index (χ1) is 9.17. The standard InChI is InChI=1S/C14H21N5/c1-4-19(9-10(2)8-15)13-7-12(16-3)17-14(18-13)11-5-6-11/h7,10-11H,4-6,9H2,1-3H3,(H,16,17,18). The molecule has 1 saturated carbocycles. The average molecular weight is 259 g/mol. The molecule has 1 aromatic heterocycles. The third kappa shape index (κ3) is 3.34. The largest absolute Gasteiger partial charge is 0.373 e. The number of rotatable bonds is 6. The molecule has 0 saturated heterocycles. The van der Waals surface area contributed by atoms with Gasteiger partial charge in [-0.25, -0.2) is 9.97 Å². The van der Waals surface area contributed by atoms with E-state index in [1.807, 2.05) is 20.0 Å². The van der Waals surface area contributed by atoms with E-state index in [2.05, 4.69) is 33.2 Å². The van der Waals surface area contributed by atoms with Crippen LogP contribution in [0.1, 0.15) is 38.4 Å². The lowest BCUT2D eigenvalue weighted by atomic mass is 10.2. The zero-order valence-electron chi connectivity index (χ0n) is 11.8. The predicted octanol–water partition coefficient (Wildman–Crippen LogP) is 2.38. The van der Waals surface area contributed by atoms with Crippen LogP contribution in [0.15, 0.2) is 6.07 Å². The van der Waals surface area contributed by atoms with Crippen molar-refractivity contribution >= 4 is 11.6 Å². The second-order valence-corrected chi connectivity index (χ2v) is 5.06. The summed E-state index contributed by atoms with van der Waals surface area (Å²) in [6.07, 6.45) is 2.38. The Morgan fingerprint density at radius 2 is 2.26 bits per heavy atom. The second kappa shape index (κ2) is 5.87. The summed E-state index contributed by atoms with van der Waals surface area (Å²) in [4.78, 5) is 11.3. The van der Waals surface area contributed by atoms with E-state index in [1.54, 1.807) is 0 Å². The molecule has 2 rings (SSSR count). The minimum atomic E-state index is -0.00248. The van der Waals surface area contributed by atoms with E-state index in [4.69, 9.17) is 5.26 Å². The van der Waals surface area contributed by atoms with Gasteiger partial charge in [-0.15, -0.1) is 0 Å². The molecule has 5 heteroatoms. The van der Waals surface area contributed by atoms with Crippen molar-refractivity contribution in [1.29, 1.82) is 5.26 Å². The highest BCUT2D eigenvalue weighted by Gasteiger charge is 2.28. The molecule has 1 heterocycles. The van der Waals surface area contributed by atoms with Crippen molar-refractivity contribution in [3.63, 3.8) is 0 Å². The van der Waals surface area contributed by atoms with Crippen LogP contribution in [0.25, 0.3) is 0 Å². The van der Waals surface area contributed by atoms with Gasteiger partial charge < -0.3 is 10.2 Å². The molecule has 1 aliphatic rings. The van der Waals surface area contributed by atoms with Gasteiger partial charge in [0.15, 0.2) is 0 Å². The lowest BCUT2D eigenvalue weighted by molar-refractivity contribution is 0.676. The van der Waals surface area contributed by atoms with Gasteiger partial charge in [-0.3, -0.25) is 0 Å². The van der Waals surface area contributed by atoms with E-state index in [0.29, 0.717) is 12.5 Å². The summed E-state index contributed by atoms with van der Waals surface area (Å²) in [5, 5.41) is 12.1. The Morgan fingerprint density at radius 3 is 2.79 bits per heavy atom. The zero-order valence-corrected chi connectivity index (χ0v) is 11.8. The Kier molecular flexibility index (Phi) is 4.20. The molecule has 1 unspecified atom stereocenters. The molecular formula is C14H21N5. The molecule has 1 fully saturated rings. The van der Waals surface area contributed by atoms with Gasteiger partial charge in [0.1, 0.15) is 17.5 Å². The quantitative estimate of drug-likeness (QED) is 0.849. The molecule has 5 nitrogen and oxygen atoms in total. The number of nitrogens with zero attached hydrogens (tertiary/aromatic N) is 4. The fraction of sp³-hybridized carbons (Fsp3) is 0.643. The Labute approximate surface area is 114 Å². The van der Waals surface area contributed by atoms with E-state index < -0.39 is 0 Å². The fourth-order valence-corrected chi connectivity index (χ4v) is 2.02. The monoisotopic (exact) mass is 259 g/mol. The van der Waals surface area contributed by atoms with Gasteiger partial charge in [0.2, 0.25) is 0 Å². The van der Waals surface area contributed by atoms with E-state index in [1.165, 1.54) is 12.8 Å². The maximum Gasteiger partial charge on any atom is 0.136 e. The highest BCUT2D eigenvalue weighted by atomic mass is 15.2. The first-order valence-electron chi connectivity index (χ1n) is 6.89. The van der Waals surface area contributed by atoms with Crippen LogP contribution in [0.2, 0.25) is 0 Å². The Morgan fingerprint density at radius 1 is 1.53 bits per heavy atom. The number of nitrogens with one attached hydrogen (secondary N) is 1. The maximum atomic E-state index is 8.96. The van der Waals surface area contributed by atoms with Gasteiger partial charge >= 0.3 is 0 Å². The van der Waals surface area contributed by atoms with Gasteiger partial charge in [0.25, 0.3) is 0 Å². The van der Waals surface area contributed by atoms with Crippen molar-refractivity contribution in [3.05, 3.63) is 11.9 Å². The molecule has 0 spiro atoms. The first kappa shape index (κ1) is 13.6. The number of aromatic nitrogens is 2. The Balaban J connectivity index is 2.25. The third-order valence-corrected chi connectivity index (χ3v) is 3.35.